The number of fused-ring (bicyclic) bond motifs is 2. The Morgan fingerprint density at radius 3 is 2.25 bits per heavy atom. The van der Waals surface area contributed by atoms with Crippen molar-refractivity contribution in [2.24, 2.45) is 14.1 Å². The molecule has 2 aliphatic rings. The highest BCUT2D eigenvalue weighted by atomic mass is 16.7. The van der Waals surface area contributed by atoms with E-state index in [1.54, 1.807) is 38.4 Å². The molecule has 2 aromatic carbocycles. The van der Waals surface area contributed by atoms with Gasteiger partial charge in [-0.05, 0) is 49.6 Å². The molecule has 9 nitrogen and oxygen atoms in total. The van der Waals surface area contributed by atoms with Gasteiger partial charge in [0.05, 0.1) is 22.4 Å². The summed E-state index contributed by atoms with van der Waals surface area (Å²) in [5, 5.41) is 3.01. The van der Waals surface area contributed by atoms with Gasteiger partial charge in [0.1, 0.15) is 0 Å². The third kappa shape index (κ3) is 3.30. The summed E-state index contributed by atoms with van der Waals surface area (Å²) in [6.45, 7) is 1.85. The van der Waals surface area contributed by atoms with Crippen LogP contribution in [0.4, 0.5) is 11.4 Å². The lowest BCUT2D eigenvalue weighted by Crippen LogP contribution is -2.39. The van der Waals surface area contributed by atoms with Gasteiger partial charge < -0.3 is 28.8 Å². The number of nitrogens with zero attached hydrogens (tertiary/aromatic N) is 3. The fraction of sp³-hybridized carbons (Fsp3) is 0.348. The fourth-order valence-electron chi connectivity index (χ4n) is 4.34. The highest BCUT2D eigenvalue weighted by Gasteiger charge is 2.21. The molecular formula is C23H24N4O5. The van der Waals surface area contributed by atoms with Crippen LogP contribution in [0.1, 0.15) is 29.6 Å². The van der Waals surface area contributed by atoms with Gasteiger partial charge in [0, 0.05) is 32.7 Å². The minimum Gasteiger partial charge on any atom is -0.454 e. The third-order valence-corrected chi connectivity index (χ3v) is 6.19. The molecule has 0 saturated carbocycles. The average Bonchev–Trinajstić information content (AvgIpc) is 3.29. The summed E-state index contributed by atoms with van der Waals surface area (Å²) in [5.74, 6) is 0.845. The smallest absolute Gasteiger partial charge is 0.316 e. The quantitative estimate of drug-likeness (QED) is 0.633. The third-order valence-electron chi connectivity index (χ3n) is 6.19. The number of amides is 1. The van der Waals surface area contributed by atoms with Crippen LogP contribution < -0.4 is 30.8 Å². The van der Waals surface area contributed by atoms with E-state index in [0.717, 1.165) is 38.0 Å². The van der Waals surface area contributed by atoms with E-state index < -0.39 is 11.1 Å². The molecule has 32 heavy (non-hydrogen) atoms. The number of aryl methyl sites for hydroxylation is 2. The molecule has 5 rings (SSSR count). The van der Waals surface area contributed by atoms with Crippen molar-refractivity contribution in [2.45, 2.75) is 19.3 Å². The minimum atomic E-state index is -0.612. The fourth-order valence-corrected chi connectivity index (χ4v) is 4.34. The molecule has 0 aliphatic carbocycles. The Kier molecular flexibility index (Phi) is 4.88. The lowest BCUT2D eigenvalue weighted by Gasteiger charge is -2.31. The molecule has 166 valence electrons. The van der Waals surface area contributed by atoms with E-state index in [1.807, 2.05) is 6.07 Å². The zero-order valence-electron chi connectivity index (χ0n) is 18.0. The van der Waals surface area contributed by atoms with Gasteiger partial charge in [0.2, 0.25) is 6.79 Å². The van der Waals surface area contributed by atoms with Crippen molar-refractivity contribution in [2.75, 3.05) is 30.1 Å². The number of hydrogen-bond acceptors (Lipinski definition) is 6. The number of anilines is 2. The van der Waals surface area contributed by atoms with Gasteiger partial charge in [0.25, 0.3) is 5.91 Å². The van der Waals surface area contributed by atoms with Crippen molar-refractivity contribution in [3.8, 4) is 11.5 Å². The maximum Gasteiger partial charge on any atom is 0.316 e. The van der Waals surface area contributed by atoms with Gasteiger partial charge in [-0.15, -0.1) is 0 Å². The van der Waals surface area contributed by atoms with Crippen LogP contribution in [0.3, 0.4) is 0 Å². The molecule has 1 saturated heterocycles. The van der Waals surface area contributed by atoms with E-state index in [-0.39, 0.29) is 12.7 Å². The Bertz CT molecular complexity index is 1350. The monoisotopic (exact) mass is 436 g/mol. The summed E-state index contributed by atoms with van der Waals surface area (Å²) >= 11 is 0. The van der Waals surface area contributed by atoms with Gasteiger partial charge in [-0.3, -0.25) is 14.4 Å². The first-order chi connectivity index (χ1) is 15.4. The van der Waals surface area contributed by atoms with Crippen LogP contribution in [-0.4, -0.2) is 34.9 Å². The predicted octanol–water partition coefficient (Wildman–Crippen LogP) is 2.21. The topological polar surface area (TPSA) is 94.8 Å². The van der Waals surface area contributed by atoms with Crippen molar-refractivity contribution < 1.29 is 14.3 Å². The molecule has 0 atom stereocenters. The Hall–Kier alpha value is -3.75. The van der Waals surface area contributed by atoms with Crippen LogP contribution in [0.2, 0.25) is 0 Å². The molecule has 0 unspecified atom stereocenters. The van der Waals surface area contributed by atoms with Crippen LogP contribution in [-0.2, 0) is 14.1 Å². The number of rotatable bonds is 3. The molecule has 1 N–H and O–H groups in total. The number of ether oxygens (including phenoxy) is 2. The molecule has 0 radical (unpaired) electrons. The Balaban J connectivity index is 1.62. The number of benzene rings is 2. The minimum absolute atomic E-state index is 0.136. The summed E-state index contributed by atoms with van der Waals surface area (Å²) < 4.78 is 13.4. The first-order valence-corrected chi connectivity index (χ1v) is 10.6. The lowest BCUT2D eigenvalue weighted by atomic mass is 10.1. The number of piperidine rings is 1. The van der Waals surface area contributed by atoms with Gasteiger partial charge in [0.15, 0.2) is 11.5 Å². The molecule has 2 aliphatic heterocycles. The standard InChI is InChI=1S/C23H24N4O5/c1-25-17-11-15(24-21(28)14-6-7-19-20(10-14)32-13-31-19)16(27-8-4-3-5-9-27)12-18(17)26(2)23(30)22(25)29/h6-7,10-12H,3-5,8-9,13H2,1-2H3,(H,24,28). The number of carbonyl (C=O) groups is 1. The zero-order chi connectivity index (χ0) is 22.4. The molecule has 3 heterocycles. The second-order valence-electron chi connectivity index (χ2n) is 8.16. The van der Waals surface area contributed by atoms with Crippen LogP contribution in [0, 0.1) is 0 Å². The SMILES string of the molecule is Cn1c(=O)c(=O)n(C)c2cc(N3CCCCC3)c(NC(=O)c3ccc4c(c3)OCO4)cc21. The van der Waals surface area contributed by atoms with Crippen LogP contribution >= 0.6 is 0 Å². The molecule has 0 spiro atoms. The molecule has 3 aromatic rings. The normalized spacial score (nSPS) is 15.2. The van der Waals surface area contributed by atoms with Crippen molar-refractivity contribution in [3.05, 3.63) is 56.6 Å². The Morgan fingerprint density at radius 1 is 0.875 bits per heavy atom. The van der Waals surface area contributed by atoms with E-state index in [4.69, 9.17) is 9.47 Å². The second kappa shape index (κ2) is 7.74. The van der Waals surface area contributed by atoms with E-state index in [0.29, 0.717) is 33.8 Å². The molecule has 9 heteroatoms. The van der Waals surface area contributed by atoms with E-state index in [9.17, 15) is 14.4 Å². The zero-order valence-corrected chi connectivity index (χ0v) is 18.0. The maximum atomic E-state index is 13.1. The first kappa shape index (κ1) is 20.2. The summed E-state index contributed by atoms with van der Waals surface area (Å²) in [5.41, 5.74) is 1.88. The van der Waals surface area contributed by atoms with E-state index in [2.05, 4.69) is 10.2 Å². The molecular weight excluding hydrogens is 412 g/mol. The van der Waals surface area contributed by atoms with Crippen LogP contribution in [0.5, 0.6) is 11.5 Å². The molecule has 1 aromatic heterocycles. The summed E-state index contributed by atoms with van der Waals surface area (Å²) in [4.78, 5) is 40.0. The van der Waals surface area contributed by atoms with Crippen molar-refractivity contribution in [1.82, 2.24) is 9.13 Å². The summed E-state index contributed by atoms with van der Waals surface area (Å²) in [6.07, 6.45) is 3.27. The summed E-state index contributed by atoms with van der Waals surface area (Å²) in [7, 11) is 3.16. The van der Waals surface area contributed by atoms with Crippen LogP contribution in [0.25, 0.3) is 11.0 Å². The second-order valence-corrected chi connectivity index (χ2v) is 8.16. The summed E-state index contributed by atoms with van der Waals surface area (Å²) in [6, 6.07) is 8.70. The lowest BCUT2D eigenvalue weighted by molar-refractivity contribution is 0.102. The number of hydrogen-bond donors (Lipinski definition) is 1. The van der Waals surface area contributed by atoms with Crippen molar-refractivity contribution >= 4 is 28.3 Å². The molecule has 1 fully saturated rings. The van der Waals surface area contributed by atoms with Crippen molar-refractivity contribution in [3.63, 3.8) is 0 Å². The molecule has 1 amide bonds. The van der Waals surface area contributed by atoms with E-state index >= 15 is 0 Å². The highest BCUT2D eigenvalue weighted by molar-refractivity contribution is 6.07. The predicted molar refractivity (Wildman–Crippen MR) is 121 cm³/mol. The number of aromatic nitrogens is 2. The van der Waals surface area contributed by atoms with Gasteiger partial charge in [-0.2, -0.15) is 0 Å². The Morgan fingerprint density at radius 2 is 1.53 bits per heavy atom. The van der Waals surface area contributed by atoms with Crippen molar-refractivity contribution in [1.29, 1.82) is 0 Å². The average molecular weight is 436 g/mol. The van der Waals surface area contributed by atoms with Gasteiger partial charge >= 0.3 is 11.1 Å². The largest absolute Gasteiger partial charge is 0.454 e. The first-order valence-electron chi connectivity index (χ1n) is 10.6. The number of carbonyl (C=O) groups excluding carboxylic acids is 1. The van der Waals surface area contributed by atoms with Gasteiger partial charge in [-0.25, -0.2) is 0 Å². The number of nitrogens with one attached hydrogen (secondary N) is 1. The maximum absolute atomic E-state index is 13.1. The van der Waals surface area contributed by atoms with Gasteiger partial charge in [-0.1, -0.05) is 0 Å². The van der Waals surface area contributed by atoms with Crippen LogP contribution in [0.15, 0.2) is 39.9 Å². The highest BCUT2D eigenvalue weighted by Crippen LogP contribution is 2.35. The molecule has 0 bridgehead atoms. The Labute approximate surface area is 183 Å². The van der Waals surface area contributed by atoms with E-state index in [1.165, 1.54) is 9.13 Å².